The number of rotatable bonds is 2. The van der Waals surface area contributed by atoms with Crippen molar-refractivity contribution in [3.8, 4) is 17.2 Å². The Kier molecular flexibility index (Phi) is 2.40. The zero-order chi connectivity index (χ0) is 11.7. The zero-order valence-electron chi connectivity index (χ0n) is 8.44. The molecule has 6 nitrogen and oxygen atoms in total. The van der Waals surface area contributed by atoms with E-state index in [9.17, 15) is 14.7 Å². The first kappa shape index (κ1) is 10.3. The summed E-state index contributed by atoms with van der Waals surface area (Å²) in [5, 5.41) is 12.1. The molecule has 0 atom stereocenters. The Morgan fingerprint density at radius 1 is 1.56 bits per heavy atom. The average Bonchev–Trinajstić information content (AvgIpc) is 2.66. The van der Waals surface area contributed by atoms with E-state index in [1.165, 1.54) is 13.0 Å². The van der Waals surface area contributed by atoms with E-state index < -0.39 is 0 Å². The third-order valence-corrected chi connectivity index (χ3v) is 2.10. The van der Waals surface area contributed by atoms with Gasteiger partial charge in [-0.3, -0.25) is 9.59 Å². The van der Waals surface area contributed by atoms with Gasteiger partial charge in [0.1, 0.15) is 5.56 Å². The summed E-state index contributed by atoms with van der Waals surface area (Å²) in [6.45, 7) is 1.28. The number of benzene rings is 1. The molecule has 1 aliphatic heterocycles. The monoisotopic (exact) mass is 223 g/mol. The Labute approximate surface area is 90.8 Å². The Bertz CT molecular complexity index is 469. The molecule has 0 saturated carbocycles. The lowest BCUT2D eigenvalue weighted by Crippen LogP contribution is -2.06. The van der Waals surface area contributed by atoms with Crippen LogP contribution in [0.5, 0.6) is 17.2 Å². The smallest absolute Gasteiger partial charge is 0.231 e. The van der Waals surface area contributed by atoms with Gasteiger partial charge in [-0.05, 0) is 0 Å². The van der Waals surface area contributed by atoms with Crippen molar-refractivity contribution in [2.75, 3.05) is 12.1 Å². The van der Waals surface area contributed by atoms with Crippen LogP contribution in [-0.4, -0.2) is 24.1 Å². The summed E-state index contributed by atoms with van der Waals surface area (Å²) in [6, 6.07) is 1.41. The normalized spacial score (nSPS) is 12.3. The molecule has 84 valence electrons. The minimum Gasteiger partial charge on any atom is -0.505 e. The summed E-state index contributed by atoms with van der Waals surface area (Å²) in [6.07, 6.45) is 0.453. The predicted molar refractivity (Wildman–Crippen MR) is 53.9 cm³/mol. The average molecular weight is 223 g/mol. The van der Waals surface area contributed by atoms with Gasteiger partial charge in [-0.25, -0.2) is 0 Å². The summed E-state index contributed by atoms with van der Waals surface area (Å²) in [5.41, 5.74) is 0.0950. The van der Waals surface area contributed by atoms with Gasteiger partial charge in [0.15, 0.2) is 23.5 Å². The third kappa shape index (κ3) is 1.54. The van der Waals surface area contributed by atoms with E-state index in [2.05, 4.69) is 5.32 Å². The second-order valence-corrected chi connectivity index (χ2v) is 3.22. The molecular weight excluding hydrogens is 214 g/mol. The fourth-order valence-electron chi connectivity index (χ4n) is 1.45. The highest BCUT2D eigenvalue weighted by atomic mass is 16.7. The van der Waals surface area contributed by atoms with E-state index in [0.29, 0.717) is 12.0 Å². The molecule has 1 amide bonds. The number of anilines is 1. The number of aromatic hydroxyl groups is 1. The number of fused-ring (bicyclic) bond motifs is 1. The molecule has 0 fully saturated rings. The molecule has 0 bridgehead atoms. The maximum Gasteiger partial charge on any atom is 0.231 e. The molecule has 2 rings (SSSR count). The molecule has 1 aromatic carbocycles. The number of hydrogen-bond donors (Lipinski definition) is 2. The molecule has 0 radical (unpaired) electrons. The summed E-state index contributed by atoms with van der Waals surface area (Å²) in [4.78, 5) is 21.7. The van der Waals surface area contributed by atoms with Crippen molar-refractivity contribution >= 4 is 17.9 Å². The molecule has 0 unspecified atom stereocenters. The first-order valence-corrected chi connectivity index (χ1v) is 4.52. The summed E-state index contributed by atoms with van der Waals surface area (Å²) in [5.74, 6) is -0.161. The molecule has 0 spiro atoms. The van der Waals surface area contributed by atoms with E-state index >= 15 is 0 Å². The maximum atomic E-state index is 10.9. The van der Waals surface area contributed by atoms with Gasteiger partial charge in [0.05, 0.1) is 5.69 Å². The van der Waals surface area contributed by atoms with Gasteiger partial charge < -0.3 is 19.9 Å². The van der Waals surface area contributed by atoms with Crippen molar-refractivity contribution < 1.29 is 24.2 Å². The van der Waals surface area contributed by atoms with Crippen LogP contribution in [0.2, 0.25) is 0 Å². The lowest BCUT2D eigenvalue weighted by atomic mass is 10.1. The minimum atomic E-state index is -0.356. The van der Waals surface area contributed by atoms with Crippen molar-refractivity contribution in [3.05, 3.63) is 11.6 Å². The second-order valence-electron chi connectivity index (χ2n) is 3.22. The van der Waals surface area contributed by atoms with Gasteiger partial charge in [-0.15, -0.1) is 0 Å². The van der Waals surface area contributed by atoms with E-state index in [4.69, 9.17) is 9.47 Å². The van der Waals surface area contributed by atoms with Crippen LogP contribution >= 0.6 is 0 Å². The molecule has 1 heterocycles. The van der Waals surface area contributed by atoms with Crippen LogP contribution in [0.4, 0.5) is 5.69 Å². The Morgan fingerprint density at radius 3 is 2.94 bits per heavy atom. The van der Waals surface area contributed by atoms with Gasteiger partial charge in [-0.2, -0.15) is 0 Å². The van der Waals surface area contributed by atoms with Crippen LogP contribution < -0.4 is 14.8 Å². The van der Waals surface area contributed by atoms with Crippen molar-refractivity contribution in [2.24, 2.45) is 0 Å². The quantitative estimate of drug-likeness (QED) is 0.574. The molecule has 6 heteroatoms. The molecule has 1 aliphatic rings. The van der Waals surface area contributed by atoms with E-state index in [1.807, 2.05) is 0 Å². The van der Waals surface area contributed by atoms with Crippen LogP contribution in [0.25, 0.3) is 0 Å². The van der Waals surface area contributed by atoms with Crippen LogP contribution in [-0.2, 0) is 4.79 Å². The van der Waals surface area contributed by atoms with Crippen molar-refractivity contribution in [1.82, 2.24) is 0 Å². The minimum absolute atomic E-state index is 0.0147. The molecule has 16 heavy (non-hydrogen) atoms. The fraction of sp³-hybridized carbons (Fsp3) is 0.200. The number of hydrogen-bond acceptors (Lipinski definition) is 5. The van der Waals surface area contributed by atoms with E-state index in [0.717, 1.165) is 0 Å². The number of carbonyl (C=O) groups is 2. The van der Waals surface area contributed by atoms with Gasteiger partial charge in [0.2, 0.25) is 12.7 Å². The highest BCUT2D eigenvalue weighted by molar-refractivity contribution is 5.96. The molecule has 0 saturated heterocycles. The number of phenolic OH excluding ortho intramolecular Hbond substituents is 1. The van der Waals surface area contributed by atoms with Crippen molar-refractivity contribution in [1.29, 1.82) is 0 Å². The SMILES string of the molecule is CC(=O)Nc1cc2c(c(C=O)c1O)OCO2. The molecule has 2 N–H and O–H groups in total. The maximum absolute atomic E-state index is 10.9. The number of aldehydes is 1. The molecule has 0 aromatic heterocycles. The Morgan fingerprint density at radius 2 is 2.31 bits per heavy atom. The van der Waals surface area contributed by atoms with Crippen LogP contribution in [0, 0.1) is 0 Å². The van der Waals surface area contributed by atoms with E-state index in [-0.39, 0.29) is 35.4 Å². The van der Waals surface area contributed by atoms with Gasteiger partial charge >= 0.3 is 0 Å². The van der Waals surface area contributed by atoms with Crippen LogP contribution in [0.3, 0.4) is 0 Å². The number of carbonyl (C=O) groups excluding carboxylic acids is 2. The number of ether oxygens (including phenoxy) is 2. The summed E-state index contributed by atoms with van der Waals surface area (Å²) < 4.78 is 10.1. The van der Waals surface area contributed by atoms with E-state index in [1.54, 1.807) is 0 Å². The highest BCUT2D eigenvalue weighted by Gasteiger charge is 2.24. The van der Waals surface area contributed by atoms with Crippen molar-refractivity contribution in [3.63, 3.8) is 0 Å². The lowest BCUT2D eigenvalue weighted by Gasteiger charge is -2.09. The Balaban J connectivity index is 2.55. The van der Waals surface area contributed by atoms with Crippen molar-refractivity contribution in [2.45, 2.75) is 6.92 Å². The van der Waals surface area contributed by atoms with Crippen LogP contribution in [0.1, 0.15) is 17.3 Å². The molecular formula is C10H9NO5. The highest BCUT2D eigenvalue weighted by Crippen LogP contribution is 2.44. The fourth-order valence-corrected chi connectivity index (χ4v) is 1.45. The first-order chi connectivity index (χ1) is 7.63. The second kappa shape index (κ2) is 3.73. The van der Waals surface area contributed by atoms with Gasteiger partial charge in [0.25, 0.3) is 0 Å². The standard InChI is InChI=1S/C10H9NO5/c1-5(13)11-7-2-8-10(16-4-15-8)6(3-12)9(7)14/h2-3,14H,4H2,1H3,(H,11,13). The summed E-state index contributed by atoms with van der Waals surface area (Å²) in [7, 11) is 0. The zero-order valence-corrected chi connectivity index (χ0v) is 8.44. The number of phenols is 1. The van der Waals surface area contributed by atoms with Crippen LogP contribution in [0.15, 0.2) is 6.07 Å². The predicted octanol–water partition coefficient (Wildman–Crippen LogP) is 0.892. The molecule has 0 aliphatic carbocycles. The topological polar surface area (TPSA) is 84.9 Å². The van der Waals surface area contributed by atoms with Gasteiger partial charge in [-0.1, -0.05) is 0 Å². The Hall–Kier alpha value is -2.24. The number of nitrogens with one attached hydrogen (secondary N) is 1. The first-order valence-electron chi connectivity index (χ1n) is 4.52. The largest absolute Gasteiger partial charge is 0.505 e. The van der Waals surface area contributed by atoms with Gasteiger partial charge in [0, 0.05) is 13.0 Å². The lowest BCUT2D eigenvalue weighted by molar-refractivity contribution is -0.114. The number of amides is 1. The molecule has 1 aromatic rings. The summed E-state index contributed by atoms with van der Waals surface area (Å²) >= 11 is 0. The third-order valence-electron chi connectivity index (χ3n) is 2.10.